The molecule has 1 aromatic rings. The molecule has 2 aliphatic heterocycles. The number of rotatable bonds is 3. The number of hydrogen-bond donors (Lipinski definition) is 0. The molecule has 176 valence electrons. The molecule has 1 aromatic heterocycles. The maximum atomic E-state index is 12.4. The molecule has 1 amide bonds. The molecule has 2 saturated heterocycles. The minimum absolute atomic E-state index is 0.0609. The van der Waals surface area contributed by atoms with E-state index in [2.05, 4.69) is 24.8 Å². The average molecular weight is 436 g/mol. The number of carbonyl (C=O) groups excluding carboxylic acids is 1. The number of pyridine rings is 1. The summed E-state index contributed by atoms with van der Waals surface area (Å²) in [7, 11) is 0. The first-order chi connectivity index (χ1) is 14.4. The molecular weight excluding hydrogens is 394 g/mol. The highest BCUT2D eigenvalue weighted by Crippen LogP contribution is 2.27. The summed E-state index contributed by atoms with van der Waals surface area (Å²) in [5, 5.41) is 0. The molecule has 2 atom stereocenters. The second-order valence-corrected chi connectivity index (χ2v) is 9.61. The number of carbonyl (C=O) groups is 1. The lowest BCUT2D eigenvalue weighted by atomic mass is 10.1. The maximum Gasteiger partial charge on any atom is 0.410 e. The molecule has 0 saturated carbocycles. The summed E-state index contributed by atoms with van der Waals surface area (Å²) in [5.41, 5.74) is 1.81. The Labute approximate surface area is 188 Å². The smallest absolute Gasteiger partial charge is 0.410 e. The van der Waals surface area contributed by atoms with Crippen molar-refractivity contribution >= 4 is 11.9 Å². The Balaban J connectivity index is 0.00000166. The van der Waals surface area contributed by atoms with E-state index >= 15 is 0 Å². The number of anilines is 1. The van der Waals surface area contributed by atoms with Crippen molar-refractivity contribution in [2.45, 2.75) is 92.3 Å². The predicted octanol–water partition coefficient (Wildman–Crippen LogP) is 4.56. The first-order valence-electron chi connectivity index (χ1n) is 11.5. The van der Waals surface area contributed by atoms with Gasteiger partial charge < -0.3 is 24.0 Å². The highest BCUT2D eigenvalue weighted by molar-refractivity contribution is 5.69. The summed E-state index contributed by atoms with van der Waals surface area (Å²) < 4.78 is 17.1. The van der Waals surface area contributed by atoms with Crippen molar-refractivity contribution in [1.82, 2.24) is 9.88 Å². The normalized spacial score (nSPS) is 23.3. The first-order valence-corrected chi connectivity index (χ1v) is 11.5. The number of aryl methyl sites for hydroxylation is 1. The Morgan fingerprint density at radius 1 is 1.29 bits per heavy atom. The van der Waals surface area contributed by atoms with Crippen LogP contribution in [0.3, 0.4) is 0 Å². The predicted molar refractivity (Wildman–Crippen MR) is 124 cm³/mol. The summed E-state index contributed by atoms with van der Waals surface area (Å²) in [6.45, 7) is 20.4. The van der Waals surface area contributed by atoms with Gasteiger partial charge in [0.2, 0.25) is 0 Å². The standard InChI is InChI=1S/C22H35N3O4.C2H6/c1-15-10-17(11-18-14-27-22(6,7)28-18)12-23-19(15)24-8-9-25(16(2)13-24)20(26)29-21(3,4)5;1-2/h10,12,16,18H,8-9,11,13-14H2,1-7H3;1-2H3/t16-,18-;/m1./s1. The molecule has 0 bridgehead atoms. The summed E-state index contributed by atoms with van der Waals surface area (Å²) in [4.78, 5) is 21.2. The van der Waals surface area contributed by atoms with Crippen LogP contribution in [0.15, 0.2) is 12.3 Å². The lowest BCUT2D eigenvalue weighted by Crippen LogP contribution is -2.55. The zero-order valence-corrected chi connectivity index (χ0v) is 20.8. The van der Waals surface area contributed by atoms with Gasteiger partial charge in [-0.3, -0.25) is 0 Å². The van der Waals surface area contributed by atoms with Crippen LogP contribution < -0.4 is 4.90 Å². The number of amides is 1. The van der Waals surface area contributed by atoms with Gasteiger partial charge in [-0.05, 0) is 59.6 Å². The molecule has 0 unspecified atom stereocenters. The topological polar surface area (TPSA) is 64.1 Å². The van der Waals surface area contributed by atoms with Gasteiger partial charge in [0.05, 0.1) is 12.7 Å². The van der Waals surface area contributed by atoms with Crippen molar-refractivity contribution in [1.29, 1.82) is 0 Å². The molecule has 31 heavy (non-hydrogen) atoms. The molecule has 0 N–H and O–H groups in total. The molecule has 3 rings (SSSR count). The molecule has 0 spiro atoms. The number of nitrogens with zero attached hydrogens (tertiary/aromatic N) is 3. The van der Waals surface area contributed by atoms with E-state index in [0.29, 0.717) is 13.2 Å². The molecule has 0 aromatic carbocycles. The summed E-state index contributed by atoms with van der Waals surface area (Å²) in [5.74, 6) is 0.477. The van der Waals surface area contributed by atoms with E-state index in [4.69, 9.17) is 19.2 Å². The van der Waals surface area contributed by atoms with Crippen LogP contribution in [0.4, 0.5) is 10.6 Å². The van der Waals surface area contributed by atoms with Gasteiger partial charge in [-0.25, -0.2) is 9.78 Å². The fourth-order valence-electron chi connectivity index (χ4n) is 3.94. The Morgan fingerprint density at radius 2 is 1.97 bits per heavy atom. The molecule has 7 heteroatoms. The lowest BCUT2D eigenvalue weighted by molar-refractivity contribution is -0.138. The SMILES string of the molecule is CC.Cc1cc(C[C@@H]2COC(C)(C)O2)cnc1N1CCN(C(=O)OC(C)(C)C)[C@H](C)C1. The van der Waals surface area contributed by atoms with E-state index in [1.807, 2.05) is 59.6 Å². The Kier molecular flexibility index (Phi) is 8.34. The minimum Gasteiger partial charge on any atom is -0.444 e. The van der Waals surface area contributed by atoms with Crippen LogP contribution >= 0.6 is 0 Å². The van der Waals surface area contributed by atoms with Gasteiger partial charge in [-0.15, -0.1) is 0 Å². The third-order valence-corrected chi connectivity index (χ3v) is 5.19. The average Bonchev–Trinajstić information content (AvgIpc) is 3.00. The number of aromatic nitrogens is 1. The highest BCUT2D eigenvalue weighted by atomic mass is 16.7. The fourth-order valence-corrected chi connectivity index (χ4v) is 3.94. The van der Waals surface area contributed by atoms with Crippen LogP contribution in [0.25, 0.3) is 0 Å². The van der Waals surface area contributed by atoms with Gasteiger partial charge in [-0.2, -0.15) is 0 Å². The number of piperazine rings is 1. The van der Waals surface area contributed by atoms with Gasteiger partial charge in [0, 0.05) is 38.3 Å². The third kappa shape index (κ3) is 7.07. The molecule has 0 aliphatic carbocycles. The Bertz CT molecular complexity index is 745. The van der Waals surface area contributed by atoms with E-state index < -0.39 is 11.4 Å². The second-order valence-electron chi connectivity index (χ2n) is 9.61. The quantitative estimate of drug-likeness (QED) is 0.694. The number of hydrogen-bond acceptors (Lipinski definition) is 6. The molecular formula is C24H41N3O4. The zero-order valence-electron chi connectivity index (χ0n) is 20.8. The van der Waals surface area contributed by atoms with Gasteiger partial charge >= 0.3 is 6.09 Å². The summed E-state index contributed by atoms with van der Waals surface area (Å²) >= 11 is 0. The van der Waals surface area contributed by atoms with Crippen molar-refractivity contribution in [2.24, 2.45) is 0 Å². The van der Waals surface area contributed by atoms with Crippen molar-refractivity contribution in [3.8, 4) is 0 Å². The van der Waals surface area contributed by atoms with Crippen molar-refractivity contribution in [3.63, 3.8) is 0 Å². The maximum absolute atomic E-state index is 12.4. The van der Waals surface area contributed by atoms with Gasteiger partial charge in [0.25, 0.3) is 0 Å². The van der Waals surface area contributed by atoms with Crippen molar-refractivity contribution in [3.05, 3.63) is 23.4 Å². The lowest BCUT2D eigenvalue weighted by Gasteiger charge is -2.41. The van der Waals surface area contributed by atoms with E-state index in [-0.39, 0.29) is 18.2 Å². The van der Waals surface area contributed by atoms with E-state index in [9.17, 15) is 4.79 Å². The summed E-state index contributed by atoms with van der Waals surface area (Å²) in [6, 6.07) is 2.24. The fraction of sp³-hybridized carbons (Fsp3) is 0.750. The van der Waals surface area contributed by atoms with E-state index in [1.165, 1.54) is 0 Å². The summed E-state index contributed by atoms with van der Waals surface area (Å²) in [6.07, 6.45) is 2.54. The Hall–Kier alpha value is -1.86. The van der Waals surface area contributed by atoms with Gasteiger partial charge in [0.15, 0.2) is 5.79 Å². The van der Waals surface area contributed by atoms with Crippen LogP contribution in [-0.4, -0.2) is 65.8 Å². The van der Waals surface area contributed by atoms with Gasteiger partial charge in [0.1, 0.15) is 11.4 Å². The van der Waals surface area contributed by atoms with Crippen LogP contribution in [0.5, 0.6) is 0 Å². The molecule has 2 fully saturated rings. The molecule has 2 aliphatic rings. The second kappa shape index (κ2) is 10.2. The molecule has 7 nitrogen and oxygen atoms in total. The Morgan fingerprint density at radius 3 is 2.48 bits per heavy atom. The largest absolute Gasteiger partial charge is 0.444 e. The van der Waals surface area contributed by atoms with E-state index in [1.54, 1.807) is 0 Å². The number of ether oxygens (including phenoxy) is 3. The molecule has 0 radical (unpaired) electrons. The van der Waals surface area contributed by atoms with Crippen LogP contribution in [0, 0.1) is 6.92 Å². The van der Waals surface area contributed by atoms with Crippen molar-refractivity contribution < 1.29 is 19.0 Å². The zero-order chi connectivity index (χ0) is 23.4. The highest BCUT2D eigenvalue weighted by Gasteiger charge is 2.33. The van der Waals surface area contributed by atoms with Crippen LogP contribution in [0.2, 0.25) is 0 Å². The monoisotopic (exact) mass is 435 g/mol. The molecule has 3 heterocycles. The van der Waals surface area contributed by atoms with Gasteiger partial charge in [-0.1, -0.05) is 19.9 Å². The van der Waals surface area contributed by atoms with E-state index in [0.717, 1.165) is 36.5 Å². The van der Waals surface area contributed by atoms with Crippen LogP contribution in [0.1, 0.15) is 66.5 Å². The van der Waals surface area contributed by atoms with Crippen LogP contribution in [-0.2, 0) is 20.6 Å². The minimum atomic E-state index is -0.503. The first kappa shape index (κ1) is 25.4. The third-order valence-electron chi connectivity index (χ3n) is 5.19. The van der Waals surface area contributed by atoms with Crippen molar-refractivity contribution in [2.75, 3.05) is 31.1 Å².